The molecule has 0 aromatic carbocycles. The third-order valence-corrected chi connectivity index (χ3v) is 4.15. The van der Waals surface area contributed by atoms with Crippen molar-refractivity contribution in [1.82, 2.24) is 5.32 Å². The minimum absolute atomic E-state index is 0.204. The van der Waals surface area contributed by atoms with E-state index < -0.39 is 5.60 Å². The fraction of sp³-hybridized carbons (Fsp3) is 0.923. The van der Waals surface area contributed by atoms with E-state index in [-0.39, 0.29) is 17.2 Å². The van der Waals surface area contributed by atoms with E-state index in [1.165, 1.54) is 0 Å². The summed E-state index contributed by atoms with van der Waals surface area (Å²) in [6.07, 6.45) is 5.89. The van der Waals surface area contributed by atoms with Gasteiger partial charge in [0.2, 0.25) is 0 Å². The summed E-state index contributed by atoms with van der Waals surface area (Å²) in [6, 6.07) is 0. The van der Waals surface area contributed by atoms with Crippen molar-refractivity contribution < 1.29 is 9.53 Å². The molecule has 2 saturated carbocycles. The molecule has 0 radical (unpaired) electrons. The van der Waals surface area contributed by atoms with Crippen molar-refractivity contribution in [3.05, 3.63) is 0 Å². The number of hydrogen-bond acceptors (Lipinski definition) is 3. The van der Waals surface area contributed by atoms with Gasteiger partial charge in [0.15, 0.2) is 0 Å². The second-order valence-corrected chi connectivity index (χ2v) is 6.57. The van der Waals surface area contributed by atoms with Crippen LogP contribution < -0.4 is 11.1 Å². The Bertz CT molecular complexity index is 310. The van der Waals surface area contributed by atoms with Gasteiger partial charge in [0.25, 0.3) is 0 Å². The largest absolute Gasteiger partial charge is 0.444 e. The van der Waals surface area contributed by atoms with Crippen LogP contribution >= 0.6 is 0 Å². The zero-order valence-electron chi connectivity index (χ0n) is 11.1. The lowest BCUT2D eigenvalue weighted by Gasteiger charge is -2.38. The topological polar surface area (TPSA) is 64.3 Å². The monoisotopic (exact) mass is 240 g/mol. The quantitative estimate of drug-likeness (QED) is 0.739. The molecule has 0 bridgehead atoms. The maximum atomic E-state index is 11.9. The molecular weight excluding hydrogens is 216 g/mol. The second-order valence-electron chi connectivity index (χ2n) is 6.57. The highest BCUT2D eigenvalue weighted by atomic mass is 16.6. The average Bonchev–Trinajstić information content (AvgIpc) is 2.53. The number of nitrogens with two attached hydrogens (primary N) is 1. The van der Waals surface area contributed by atoms with Gasteiger partial charge in [0.05, 0.1) is 5.54 Å². The predicted octanol–water partition coefficient (Wildman–Crippen LogP) is 2.32. The summed E-state index contributed by atoms with van der Waals surface area (Å²) in [6.45, 7) is 5.63. The summed E-state index contributed by atoms with van der Waals surface area (Å²) in [4.78, 5) is 11.9. The van der Waals surface area contributed by atoms with Crippen LogP contribution in [0, 0.1) is 0 Å². The van der Waals surface area contributed by atoms with Crippen LogP contribution in [0.1, 0.15) is 59.3 Å². The molecule has 3 N–H and O–H groups in total. The highest BCUT2D eigenvalue weighted by Crippen LogP contribution is 2.49. The summed E-state index contributed by atoms with van der Waals surface area (Å²) >= 11 is 0. The number of fused-ring (bicyclic) bond motifs is 1. The molecule has 0 heterocycles. The summed E-state index contributed by atoms with van der Waals surface area (Å²) in [5.74, 6) is 0. The minimum atomic E-state index is -0.449. The highest BCUT2D eigenvalue weighted by molar-refractivity contribution is 5.69. The Balaban J connectivity index is 2.05. The number of carbonyl (C=O) groups is 1. The number of ether oxygens (including phenoxy) is 1. The Hall–Kier alpha value is -0.770. The van der Waals surface area contributed by atoms with Gasteiger partial charge >= 0.3 is 6.09 Å². The number of alkyl carbamates (subject to hydrolysis) is 1. The zero-order chi connectivity index (χ0) is 12.7. The smallest absolute Gasteiger partial charge is 0.408 e. The van der Waals surface area contributed by atoms with E-state index in [1.807, 2.05) is 20.8 Å². The lowest BCUT2D eigenvalue weighted by molar-refractivity contribution is 0.0426. The van der Waals surface area contributed by atoms with Crippen LogP contribution in [0.2, 0.25) is 0 Å². The van der Waals surface area contributed by atoms with Gasteiger partial charge in [0.1, 0.15) is 5.60 Å². The van der Waals surface area contributed by atoms with Gasteiger partial charge in [-0.25, -0.2) is 4.79 Å². The van der Waals surface area contributed by atoms with E-state index in [9.17, 15) is 4.79 Å². The molecule has 0 atom stereocenters. The lowest BCUT2D eigenvalue weighted by atomic mass is 9.84. The fourth-order valence-electron chi connectivity index (χ4n) is 3.39. The Morgan fingerprint density at radius 3 is 2.18 bits per heavy atom. The van der Waals surface area contributed by atoms with Crippen LogP contribution in [0.5, 0.6) is 0 Å². The number of hydrogen-bond donors (Lipinski definition) is 2. The van der Waals surface area contributed by atoms with Gasteiger partial charge in [-0.3, -0.25) is 0 Å². The summed E-state index contributed by atoms with van der Waals surface area (Å²) in [5, 5.41) is 3.07. The molecule has 2 fully saturated rings. The van der Waals surface area contributed by atoms with Gasteiger partial charge in [0, 0.05) is 5.54 Å². The molecule has 0 aromatic heterocycles. The van der Waals surface area contributed by atoms with E-state index in [0.717, 1.165) is 38.5 Å². The molecule has 98 valence electrons. The number of carbonyl (C=O) groups excluding carboxylic acids is 1. The normalized spacial score (nSPS) is 36.7. The summed E-state index contributed by atoms with van der Waals surface area (Å²) in [5.41, 5.74) is 5.57. The summed E-state index contributed by atoms with van der Waals surface area (Å²) < 4.78 is 5.34. The first-order valence-electron chi connectivity index (χ1n) is 6.57. The number of amides is 1. The van der Waals surface area contributed by atoms with Gasteiger partial charge in [-0.1, -0.05) is 0 Å². The summed E-state index contributed by atoms with van der Waals surface area (Å²) in [7, 11) is 0. The Kier molecular flexibility index (Phi) is 2.89. The van der Waals surface area contributed by atoms with Crippen LogP contribution in [-0.2, 0) is 4.74 Å². The first kappa shape index (κ1) is 12.7. The van der Waals surface area contributed by atoms with Crippen LogP contribution in [-0.4, -0.2) is 22.8 Å². The lowest BCUT2D eigenvalue weighted by Crippen LogP contribution is -2.62. The van der Waals surface area contributed by atoms with Crippen molar-refractivity contribution in [2.24, 2.45) is 5.73 Å². The van der Waals surface area contributed by atoms with Gasteiger partial charge < -0.3 is 15.8 Å². The van der Waals surface area contributed by atoms with E-state index in [0.29, 0.717) is 0 Å². The van der Waals surface area contributed by atoms with Crippen molar-refractivity contribution in [2.45, 2.75) is 76.0 Å². The van der Waals surface area contributed by atoms with Crippen LogP contribution in [0.3, 0.4) is 0 Å². The van der Waals surface area contributed by atoms with E-state index in [2.05, 4.69) is 5.32 Å². The molecule has 2 rings (SSSR count). The van der Waals surface area contributed by atoms with Crippen molar-refractivity contribution in [3.8, 4) is 0 Å². The Morgan fingerprint density at radius 1 is 1.18 bits per heavy atom. The number of nitrogens with one attached hydrogen (secondary N) is 1. The molecule has 0 unspecified atom stereocenters. The minimum Gasteiger partial charge on any atom is -0.444 e. The molecule has 0 aromatic rings. The molecule has 17 heavy (non-hydrogen) atoms. The van der Waals surface area contributed by atoms with Crippen LogP contribution in [0.4, 0.5) is 4.79 Å². The third-order valence-electron chi connectivity index (χ3n) is 4.15. The highest BCUT2D eigenvalue weighted by Gasteiger charge is 2.56. The molecule has 0 spiro atoms. The van der Waals surface area contributed by atoms with Crippen molar-refractivity contribution in [1.29, 1.82) is 0 Å². The van der Waals surface area contributed by atoms with Crippen molar-refractivity contribution >= 4 is 6.09 Å². The van der Waals surface area contributed by atoms with Crippen LogP contribution in [0.15, 0.2) is 0 Å². The number of rotatable bonds is 1. The van der Waals surface area contributed by atoms with Crippen molar-refractivity contribution in [2.75, 3.05) is 0 Å². The first-order chi connectivity index (χ1) is 7.77. The predicted molar refractivity (Wildman–Crippen MR) is 66.7 cm³/mol. The maximum absolute atomic E-state index is 11.9. The molecule has 2 aliphatic carbocycles. The first-order valence-corrected chi connectivity index (χ1v) is 6.57. The third kappa shape index (κ3) is 2.28. The van der Waals surface area contributed by atoms with E-state index in [1.54, 1.807) is 0 Å². The zero-order valence-corrected chi connectivity index (χ0v) is 11.1. The van der Waals surface area contributed by atoms with E-state index >= 15 is 0 Å². The van der Waals surface area contributed by atoms with Gasteiger partial charge in [-0.2, -0.15) is 0 Å². The maximum Gasteiger partial charge on any atom is 0.408 e. The molecule has 4 nitrogen and oxygen atoms in total. The molecule has 0 saturated heterocycles. The van der Waals surface area contributed by atoms with Crippen LogP contribution in [0.25, 0.3) is 0 Å². The average molecular weight is 240 g/mol. The molecule has 0 aliphatic heterocycles. The molecule has 2 aliphatic rings. The Labute approximate surface area is 103 Å². The standard InChI is InChI=1S/C13H24N2O2/c1-11(2,3)17-10(16)15-13-8-4-6-12(13,14)7-5-9-13/h4-9,14H2,1-3H3,(H,15,16). The van der Waals surface area contributed by atoms with Gasteiger partial charge in [-0.05, 0) is 59.3 Å². The molecule has 1 amide bonds. The van der Waals surface area contributed by atoms with Crippen molar-refractivity contribution in [3.63, 3.8) is 0 Å². The fourth-order valence-corrected chi connectivity index (χ4v) is 3.39. The molecular formula is C13H24N2O2. The molecule has 4 heteroatoms. The Morgan fingerprint density at radius 2 is 1.71 bits per heavy atom. The van der Waals surface area contributed by atoms with E-state index in [4.69, 9.17) is 10.5 Å². The van der Waals surface area contributed by atoms with Gasteiger partial charge in [-0.15, -0.1) is 0 Å². The SMILES string of the molecule is CC(C)(C)OC(=O)NC12CCCC1(N)CCC2. The second kappa shape index (κ2) is 3.87.